The fraction of sp³-hybridized carbons (Fsp3) is 0.241. The molecule has 2 aromatic heterocycles. The zero-order valence-corrected chi connectivity index (χ0v) is 21.8. The van der Waals surface area contributed by atoms with Gasteiger partial charge in [0.25, 0.3) is 0 Å². The summed E-state index contributed by atoms with van der Waals surface area (Å²) in [6.45, 7) is 5.82. The van der Waals surface area contributed by atoms with Gasteiger partial charge in [0, 0.05) is 18.8 Å². The Labute approximate surface area is 226 Å². The number of hydrogen-bond acceptors (Lipinski definition) is 9. The number of nitrogens with zero attached hydrogens (tertiary/aromatic N) is 5. The first-order chi connectivity index (χ1) is 18.9. The van der Waals surface area contributed by atoms with Crippen LogP contribution < -0.4 is 15.6 Å². The summed E-state index contributed by atoms with van der Waals surface area (Å²) < 4.78 is 20.3. The molecule has 39 heavy (non-hydrogen) atoms. The number of halogens is 1. The van der Waals surface area contributed by atoms with Crippen LogP contribution in [0.5, 0.6) is 5.75 Å². The molecular weight excluding hydrogens is 497 g/mol. The third kappa shape index (κ3) is 6.66. The van der Waals surface area contributed by atoms with Gasteiger partial charge in [-0.3, -0.25) is 4.98 Å². The third-order valence-corrected chi connectivity index (χ3v) is 6.36. The molecule has 9 nitrogen and oxygen atoms in total. The molecule has 2 aromatic carbocycles. The van der Waals surface area contributed by atoms with E-state index in [1.54, 1.807) is 24.5 Å². The van der Waals surface area contributed by atoms with Crippen LogP contribution in [-0.4, -0.2) is 52.1 Å². The predicted molar refractivity (Wildman–Crippen MR) is 151 cm³/mol. The van der Waals surface area contributed by atoms with Crippen molar-refractivity contribution in [2.75, 3.05) is 35.3 Å². The van der Waals surface area contributed by atoms with Crippen LogP contribution in [0.25, 0.3) is 11.1 Å². The number of pyridine rings is 1. The summed E-state index contributed by atoms with van der Waals surface area (Å²) in [7, 11) is 0. The average Bonchev–Trinajstić information content (AvgIpc) is 2.95. The molecule has 0 aliphatic carbocycles. The van der Waals surface area contributed by atoms with E-state index in [1.807, 2.05) is 53.4 Å². The lowest BCUT2D eigenvalue weighted by Crippen LogP contribution is -2.45. The first kappa shape index (κ1) is 26.1. The highest BCUT2D eigenvalue weighted by Gasteiger charge is 2.26. The highest BCUT2D eigenvalue weighted by molar-refractivity contribution is 5.78. The number of aromatic hydroxyl groups is 1. The van der Waals surface area contributed by atoms with Gasteiger partial charge in [-0.05, 0) is 53.4 Å². The summed E-state index contributed by atoms with van der Waals surface area (Å²) in [6, 6.07) is 18.8. The van der Waals surface area contributed by atoms with E-state index in [4.69, 9.17) is 4.74 Å². The Bertz CT molecular complexity index is 1430. The Morgan fingerprint density at radius 1 is 1.05 bits per heavy atom. The number of morpholine rings is 1. The first-order valence-electron chi connectivity index (χ1n) is 12.8. The minimum Gasteiger partial charge on any atom is -0.508 e. The lowest BCUT2D eigenvalue weighted by atomic mass is 10.1. The van der Waals surface area contributed by atoms with Gasteiger partial charge in [-0.1, -0.05) is 38.1 Å². The molecule has 0 saturated carbocycles. The van der Waals surface area contributed by atoms with Crippen molar-refractivity contribution in [2.45, 2.75) is 20.0 Å². The molecule has 1 aliphatic heterocycles. The summed E-state index contributed by atoms with van der Waals surface area (Å²) in [5.74, 6) is 0.517. The average molecular weight is 528 g/mol. The van der Waals surface area contributed by atoms with Gasteiger partial charge in [0.15, 0.2) is 11.6 Å². The molecule has 1 saturated heterocycles. The Hall–Kier alpha value is -4.57. The Morgan fingerprint density at radius 3 is 2.62 bits per heavy atom. The molecular formula is C29H30FN7O2. The largest absolute Gasteiger partial charge is 0.508 e. The van der Waals surface area contributed by atoms with E-state index in [-0.39, 0.29) is 23.6 Å². The second-order valence-corrected chi connectivity index (χ2v) is 9.56. The third-order valence-electron chi connectivity index (χ3n) is 6.36. The number of hydrogen-bond donors (Lipinski definition) is 3. The minimum absolute atomic E-state index is 0.0233. The monoisotopic (exact) mass is 527 g/mol. The van der Waals surface area contributed by atoms with Crippen LogP contribution in [-0.2, 0) is 4.74 Å². The van der Waals surface area contributed by atoms with E-state index in [2.05, 4.69) is 44.6 Å². The first-order valence-corrected chi connectivity index (χ1v) is 12.8. The Balaban J connectivity index is 1.18. The molecule has 5 rings (SSSR count). The molecule has 0 bridgehead atoms. The van der Waals surface area contributed by atoms with Crippen LogP contribution in [0.2, 0.25) is 0 Å². The van der Waals surface area contributed by atoms with Crippen LogP contribution in [0.3, 0.4) is 0 Å². The zero-order valence-electron chi connectivity index (χ0n) is 21.8. The maximum Gasteiger partial charge on any atom is 0.245 e. The number of phenolic OH excluding ortho intramolecular Hbond substituents is 1. The summed E-state index contributed by atoms with van der Waals surface area (Å²) in [4.78, 5) is 14.6. The van der Waals surface area contributed by atoms with E-state index >= 15 is 0 Å². The summed E-state index contributed by atoms with van der Waals surface area (Å²) in [6.07, 6.45) is 4.43. The zero-order chi connectivity index (χ0) is 27.2. The normalized spacial score (nSPS) is 15.6. The number of benzene rings is 2. The Morgan fingerprint density at radius 2 is 1.87 bits per heavy atom. The maximum absolute atomic E-state index is 14.5. The molecule has 3 heterocycles. The topological polar surface area (TPSA) is 108 Å². The summed E-state index contributed by atoms with van der Waals surface area (Å²) >= 11 is 0. The van der Waals surface area contributed by atoms with E-state index in [1.165, 1.54) is 0 Å². The second-order valence-electron chi connectivity index (χ2n) is 9.56. The highest BCUT2D eigenvalue weighted by Crippen LogP contribution is 2.26. The van der Waals surface area contributed by atoms with Crippen molar-refractivity contribution in [1.29, 1.82) is 0 Å². The number of anilines is 4. The second kappa shape index (κ2) is 11.9. The van der Waals surface area contributed by atoms with Crippen LogP contribution in [0.4, 0.5) is 27.5 Å². The predicted octanol–water partition coefficient (Wildman–Crippen LogP) is 5.43. The summed E-state index contributed by atoms with van der Waals surface area (Å²) in [5, 5.41) is 17.2. The van der Waals surface area contributed by atoms with E-state index < -0.39 is 5.82 Å². The fourth-order valence-corrected chi connectivity index (χ4v) is 4.21. The number of nitrogens with one attached hydrogen (secondary N) is 2. The molecule has 1 fully saturated rings. The molecule has 1 aliphatic rings. The molecule has 1 unspecified atom stereocenters. The number of aromatic nitrogens is 3. The van der Waals surface area contributed by atoms with Gasteiger partial charge < -0.3 is 20.1 Å². The van der Waals surface area contributed by atoms with Crippen LogP contribution in [0.1, 0.15) is 19.5 Å². The van der Waals surface area contributed by atoms with Crippen molar-refractivity contribution in [2.24, 2.45) is 11.0 Å². The molecule has 0 spiro atoms. The van der Waals surface area contributed by atoms with Crippen molar-refractivity contribution < 1.29 is 14.2 Å². The van der Waals surface area contributed by atoms with Crippen LogP contribution in [0, 0.1) is 11.7 Å². The minimum atomic E-state index is -0.479. The van der Waals surface area contributed by atoms with Crippen molar-refractivity contribution in [3.05, 3.63) is 84.6 Å². The molecule has 4 aromatic rings. The molecule has 10 heteroatoms. The van der Waals surface area contributed by atoms with E-state index in [9.17, 15) is 9.50 Å². The van der Waals surface area contributed by atoms with Gasteiger partial charge in [-0.2, -0.15) is 10.1 Å². The van der Waals surface area contributed by atoms with Crippen molar-refractivity contribution in [1.82, 2.24) is 15.0 Å². The molecule has 0 amide bonds. The fourth-order valence-electron chi connectivity index (χ4n) is 4.21. The van der Waals surface area contributed by atoms with Crippen LogP contribution in [0.15, 0.2) is 78.2 Å². The van der Waals surface area contributed by atoms with Crippen molar-refractivity contribution >= 4 is 29.4 Å². The lowest BCUT2D eigenvalue weighted by molar-refractivity contribution is 0.0110. The molecule has 0 radical (unpaired) electrons. The van der Waals surface area contributed by atoms with Crippen LogP contribution >= 0.6 is 0 Å². The highest BCUT2D eigenvalue weighted by atomic mass is 19.1. The summed E-state index contributed by atoms with van der Waals surface area (Å²) in [5.41, 5.74) is 7.08. The Kier molecular flexibility index (Phi) is 7.93. The molecule has 1 atom stereocenters. The maximum atomic E-state index is 14.5. The van der Waals surface area contributed by atoms with E-state index in [0.29, 0.717) is 31.3 Å². The number of hydrazone groups is 1. The van der Waals surface area contributed by atoms with Gasteiger partial charge >= 0.3 is 0 Å². The van der Waals surface area contributed by atoms with Gasteiger partial charge in [0.05, 0.1) is 42.7 Å². The number of ether oxygens (including phenoxy) is 1. The van der Waals surface area contributed by atoms with Gasteiger partial charge in [-0.25, -0.2) is 14.8 Å². The van der Waals surface area contributed by atoms with Gasteiger partial charge in [-0.15, -0.1) is 0 Å². The smallest absolute Gasteiger partial charge is 0.245 e. The van der Waals surface area contributed by atoms with Gasteiger partial charge in [0.1, 0.15) is 5.75 Å². The molecule has 200 valence electrons. The van der Waals surface area contributed by atoms with E-state index in [0.717, 1.165) is 28.7 Å². The standard InChI is InChI=1S/C29H30FN7O2/c1-19(2)27-18-37(12-13-39-27)28-26(30)17-32-29(35-28)36-33-16-23-10-11-24(15-31-23)34-22-8-6-20(7-9-22)21-4-3-5-25(38)14-21/h3-11,14-17,19,27,34,38H,12-13,18H2,1-2H3,(H,32,35,36)/b33-16+. The number of phenols is 1. The molecule has 3 N–H and O–H groups in total. The quantitative estimate of drug-likeness (QED) is 0.206. The van der Waals surface area contributed by atoms with Gasteiger partial charge in [0.2, 0.25) is 5.95 Å². The number of rotatable bonds is 8. The SMILES string of the molecule is CC(C)C1CN(c2nc(N/N=C/c3ccc(Nc4ccc(-c5cccc(O)c5)cc4)cn3)ncc2F)CCO1. The van der Waals surface area contributed by atoms with Crippen molar-refractivity contribution in [3.63, 3.8) is 0 Å². The van der Waals surface area contributed by atoms with Crippen molar-refractivity contribution in [3.8, 4) is 16.9 Å². The lowest BCUT2D eigenvalue weighted by Gasteiger charge is -2.35.